The van der Waals surface area contributed by atoms with Crippen molar-refractivity contribution in [3.05, 3.63) is 32.3 Å². The minimum absolute atomic E-state index is 0.262. The molecule has 0 aliphatic heterocycles. The van der Waals surface area contributed by atoms with Crippen LogP contribution in [0.3, 0.4) is 0 Å². The van der Waals surface area contributed by atoms with Crippen molar-refractivity contribution < 1.29 is 10.2 Å². The Hall–Kier alpha value is -1.91. The number of nitrogens with one attached hydrogen (secondary N) is 2. The minimum atomic E-state index is -1.55. The van der Waals surface area contributed by atoms with Crippen LogP contribution in [0.15, 0.2) is 15.7 Å². The van der Waals surface area contributed by atoms with Crippen LogP contribution >= 0.6 is 0 Å². The van der Waals surface area contributed by atoms with Crippen molar-refractivity contribution in [2.45, 2.75) is 18.6 Å². The van der Waals surface area contributed by atoms with Crippen LogP contribution in [0.5, 0.6) is 0 Å². The van der Waals surface area contributed by atoms with Gasteiger partial charge in [0, 0.05) is 6.07 Å². The van der Waals surface area contributed by atoms with Gasteiger partial charge in [-0.3, -0.25) is 19.8 Å². The molecule has 7 nitrogen and oxygen atoms in total. The molecule has 1 rings (SSSR count). The molecule has 2 unspecified atom stereocenters. The molecule has 0 fully saturated rings. The predicted octanol–water partition coefficient (Wildman–Crippen LogP) is -1.63. The third-order valence-electron chi connectivity index (χ3n) is 1.83. The molecule has 0 aliphatic rings. The van der Waals surface area contributed by atoms with E-state index in [4.69, 9.17) is 5.26 Å². The lowest BCUT2D eigenvalue weighted by atomic mass is 10.1. The van der Waals surface area contributed by atoms with Crippen LogP contribution in [0.2, 0.25) is 0 Å². The van der Waals surface area contributed by atoms with Crippen LogP contribution in [0, 0.1) is 11.3 Å². The summed E-state index contributed by atoms with van der Waals surface area (Å²) >= 11 is 0. The highest BCUT2D eigenvalue weighted by Crippen LogP contribution is 2.13. The highest BCUT2D eigenvalue weighted by molar-refractivity contribution is 5.11. The SMILES string of the molecule is N#CCC(O)C(O)c1cc(=O)[nH][nH]c1=O. The quantitative estimate of drug-likeness (QED) is 0.477. The van der Waals surface area contributed by atoms with Crippen molar-refractivity contribution >= 4 is 0 Å². The normalized spacial score (nSPS) is 14.2. The molecule has 4 N–H and O–H groups in total. The van der Waals surface area contributed by atoms with Gasteiger partial charge in [-0.15, -0.1) is 0 Å². The fourth-order valence-corrected chi connectivity index (χ4v) is 1.07. The highest BCUT2D eigenvalue weighted by atomic mass is 16.3. The summed E-state index contributed by atoms with van der Waals surface area (Å²) in [7, 11) is 0. The Morgan fingerprint density at radius 2 is 2.07 bits per heavy atom. The smallest absolute Gasteiger partial charge is 0.268 e. The van der Waals surface area contributed by atoms with Crippen LogP contribution in [0.4, 0.5) is 0 Å². The Morgan fingerprint density at radius 1 is 1.40 bits per heavy atom. The standard InChI is InChI=1S/C8H9N3O4/c9-2-1-5(12)7(14)4-3-6(13)10-11-8(4)15/h3,5,7,12,14H,1H2,(H,10,13)(H,11,15). The molecule has 0 aliphatic carbocycles. The largest absolute Gasteiger partial charge is 0.389 e. The van der Waals surface area contributed by atoms with E-state index in [-0.39, 0.29) is 12.0 Å². The second-order valence-corrected chi connectivity index (χ2v) is 2.92. The molecule has 2 atom stereocenters. The van der Waals surface area contributed by atoms with Crippen LogP contribution < -0.4 is 11.1 Å². The molecular formula is C8H9N3O4. The summed E-state index contributed by atoms with van der Waals surface area (Å²) in [5, 5.41) is 31.0. The molecule has 0 radical (unpaired) electrons. The molecule has 1 heterocycles. The first-order chi connectivity index (χ1) is 7.06. The Kier molecular flexibility index (Phi) is 3.38. The van der Waals surface area contributed by atoms with Gasteiger partial charge in [0.1, 0.15) is 6.10 Å². The van der Waals surface area contributed by atoms with Crippen molar-refractivity contribution in [1.82, 2.24) is 10.2 Å². The molecule has 0 saturated carbocycles. The van der Waals surface area contributed by atoms with Crippen LogP contribution in [-0.4, -0.2) is 26.5 Å². The topological polar surface area (TPSA) is 130 Å². The van der Waals surface area contributed by atoms with E-state index < -0.39 is 23.3 Å². The zero-order valence-corrected chi connectivity index (χ0v) is 7.60. The zero-order chi connectivity index (χ0) is 11.4. The Bertz CT molecular complexity index is 484. The average Bonchev–Trinajstić information content (AvgIpc) is 2.21. The highest BCUT2D eigenvalue weighted by Gasteiger charge is 2.21. The molecule has 80 valence electrons. The summed E-state index contributed by atoms with van der Waals surface area (Å²) in [5.74, 6) is 0. The molecule has 15 heavy (non-hydrogen) atoms. The summed E-state index contributed by atoms with van der Waals surface area (Å²) in [4.78, 5) is 22.0. The number of nitrogens with zero attached hydrogens (tertiary/aromatic N) is 1. The van der Waals surface area contributed by atoms with Gasteiger partial charge in [0.15, 0.2) is 0 Å². The predicted molar refractivity (Wildman–Crippen MR) is 48.9 cm³/mol. The molecule has 0 saturated heterocycles. The first kappa shape index (κ1) is 11.2. The number of aliphatic hydroxyl groups excluding tert-OH is 2. The van der Waals surface area contributed by atoms with Crippen molar-refractivity contribution in [3.63, 3.8) is 0 Å². The number of aromatic amines is 2. The maximum Gasteiger partial charge on any atom is 0.268 e. The Morgan fingerprint density at radius 3 is 2.67 bits per heavy atom. The number of aromatic nitrogens is 2. The fourth-order valence-electron chi connectivity index (χ4n) is 1.07. The van der Waals surface area contributed by atoms with E-state index in [1.165, 1.54) is 0 Å². The number of hydrogen-bond acceptors (Lipinski definition) is 5. The van der Waals surface area contributed by atoms with E-state index >= 15 is 0 Å². The summed E-state index contributed by atoms with van der Waals surface area (Å²) in [6, 6.07) is 2.52. The Balaban J connectivity index is 3.06. The molecular weight excluding hydrogens is 202 g/mol. The lowest BCUT2D eigenvalue weighted by Gasteiger charge is -2.13. The molecule has 0 bridgehead atoms. The van der Waals surface area contributed by atoms with E-state index in [1.54, 1.807) is 6.07 Å². The van der Waals surface area contributed by atoms with Gasteiger partial charge < -0.3 is 10.2 Å². The monoisotopic (exact) mass is 211 g/mol. The first-order valence-electron chi connectivity index (χ1n) is 4.11. The number of hydrogen-bond donors (Lipinski definition) is 4. The van der Waals surface area contributed by atoms with Crippen LogP contribution in [0.25, 0.3) is 0 Å². The molecule has 0 spiro atoms. The van der Waals surface area contributed by atoms with E-state index in [9.17, 15) is 19.8 Å². The van der Waals surface area contributed by atoms with E-state index in [1.807, 2.05) is 10.2 Å². The van der Waals surface area contributed by atoms with Crippen molar-refractivity contribution in [3.8, 4) is 6.07 Å². The third-order valence-corrected chi connectivity index (χ3v) is 1.83. The molecule has 1 aromatic rings. The second kappa shape index (κ2) is 4.54. The average molecular weight is 211 g/mol. The van der Waals surface area contributed by atoms with E-state index in [0.717, 1.165) is 6.07 Å². The molecule has 0 aromatic carbocycles. The summed E-state index contributed by atoms with van der Waals surface area (Å²) < 4.78 is 0. The van der Waals surface area contributed by atoms with Gasteiger partial charge in [0.25, 0.3) is 11.1 Å². The lowest BCUT2D eigenvalue weighted by molar-refractivity contribution is 0.0206. The van der Waals surface area contributed by atoms with Gasteiger partial charge in [-0.25, -0.2) is 0 Å². The fraction of sp³-hybridized carbons (Fsp3) is 0.375. The molecule has 0 amide bonds. The van der Waals surface area contributed by atoms with Crippen molar-refractivity contribution in [1.29, 1.82) is 5.26 Å². The van der Waals surface area contributed by atoms with Gasteiger partial charge in [0.2, 0.25) is 0 Å². The maximum atomic E-state index is 11.1. The minimum Gasteiger partial charge on any atom is -0.389 e. The molecule has 7 heteroatoms. The van der Waals surface area contributed by atoms with E-state index in [0.29, 0.717) is 0 Å². The number of nitriles is 1. The summed E-state index contributed by atoms with van der Waals surface area (Å²) in [6.45, 7) is 0. The number of rotatable bonds is 3. The van der Waals surface area contributed by atoms with Crippen molar-refractivity contribution in [2.75, 3.05) is 0 Å². The van der Waals surface area contributed by atoms with E-state index in [2.05, 4.69) is 0 Å². The van der Waals surface area contributed by atoms with Gasteiger partial charge in [-0.1, -0.05) is 0 Å². The summed E-state index contributed by atoms with van der Waals surface area (Å²) in [6.07, 6.45) is -3.26. The number of aliphatic hydroxyl groups is 2. The maximum absolute atomic E-state index is 11.1. The van der Waals surface area contributed by atoms with Gasteiger partial charge in [0.05, 0.1) is 24.2 Å². The van der Waals surface area contributed by atoms with Gasteiger partial charge >= 0.3 is 0 Å². The van der Waals surface area contributed by atoms with Gasteiger partial charge in [-0.2, -0.15) is 5.26 Å². The molecule has 1 aromatic heterocycles. The first-order valence-corrected chi connectivity index (χ1v) is 4.11. The summed E-state index contributed by atoms with van der Waals surface area (Å²) in [5.41, 5.74) is -1.58. The van der Waals surface area contributed by atoms with Crippen LogP contribution in [0.1, 0.15) is 18.1 Å². The number of H-pyrrole nitrogens is 2. The van der Waals surface area contributed by atoms with Crippen molar-refractivity contribution in [2.24, 2.45) is 0 Å². The third kappa shape index (κ3) is 2.52. The zero-order valence-electron chi connectivity index (χ0n) is 7.60. The Labute approximate surface area is 83.6 Å². The second-order valence-electron chi connectivity index (χ2n) is 2.92. The van der Waals surface area contributed by atoms with Crippen LogP contribution in [-0.2, 0) is 0 Å². The lowest BCUT2D eigenvalue weighted by Crippen LogP contribution is -2.29. The van der Waals surface area contributed by atoms with Gasteiger partial charge in [-0.05, 0) is 0 Å².